The minimum atomic E-state index is -0.0572. The second-order valence-corrected chi connectivity index (χ2v) is 7.48. The molecular weight excluding hydrogens is 414 g/mol. The summed E-state index contributed by atoms with van der Waals surface area (Å²) in [6, 6.07) is 26.6. The van der Waals surface area contributed by atoms with Crippen LogP contribution in [0.15, 0.2) is 84.9 Å². The second kappa shape index (κ2) is 10.3. The molecule has 33 heavy (non-hydrogen) atoms. The molecule has 7 heteroatoms. The lowest BCUT2D eigenvalue weighted by molar-refractivity contribution is -0.115. The van der Waals surface area contributed by atoms with Gasteiger partial charge in [-0.3, -0.25) is 4.79 Å². The first-order valence-corrected chi connectivity index (χ1v) is 10.5. The zero-order chi connectivity index (χ0) is 23.0. The van der Waals surface area contributed by atoms with Gasteiger partial charge in [-0.1, -0.05) is 30.3 Å². The third-order valence-corrected chi connectivity index (χ3v) is 4.85. The Kier molecular flexibility index (Phi) is 6.80. The molecule has 1 amide bonds. The summed E-state index contributed by atoms with van der Waals surface area (Å²) in [5.41, 5.74) is 4.25. The summed E-state index contributed by atoms with van der Waals surface area (Å²) in [6.07, 6.45) is 0.335. The monoisotopic (exact) mass is 439 g/mol. The molecular formula is C26H25N5O2. The fourth-order valence-corrected chi connectivity index (χ4v) is 3.26. The first-order chi connectivity index (χ1) is 16.1. The Morgan fingerprint density at radius 2 is 1.45 bits per heavy atom. The molecule has 166 valence electrons. The number of methoxy groups -OCH3 is 1. The Labute approximate surface area is 192 Å². The first-order valence-electron chi connectivity index (χ1n) is 10.5. The molecule has 0 aliphatic heterocycles. The van der Waals surface area contributed by atoms with Crippen LogP contribution in [0, 0.1) is 6.92 Å². The number of benzene rings is 3. The lowest BCUT2D eigenvalue weighted by Gasteiger charge is -2.11. The normalized spacial score (nSPS) is 10.4. The van der Waals surface area contributed by atoms with Crippen LogP contribution >= 0.6 is 0 Å². The van der Waals surface area contributed by atoms with E-state index >= 15 is 0 Å². The number of nitrogens with one attached hydrogen (secondary N) is 3. The van der Waals surface area contributed by atoms with E-state index in [9.17, 15) is 4.79 Å². The van der Waals surface area contributed by atoms with Crippen LogP contribution < -0.4 is 20.7 Å². The molecule has 0 aliphatic rings. The van der Waals surface area contributed by atoms with Crippen molar-refractivity contribution in [2.75, 3.05) is 23.1 Å². The summed E-state index contributed by atoms with van der Waals surface area (Å²) in [5.74, 6) is 1.89. The Balaban J connectivity index is 1.38. The van der Waals surface area contributed by atoms with Gasteiger partial charge in [0.15, 0.2) is 0 Å². The average Bonchev–Trinajstić information content (AvgIpc) is 2.81. The molecule has 0 radical (unpaired) electrons. The number of aromatic nitrogens is 2. The second-order valence-electron chi connectivity index (χ2n) is 7.48. The first kappa shape index (κ1) is 21.8. The van der Waals surface area contributed by atoms with Gasteiger partial charge < -0.3 is 20.7 Å². The number of rotatable bonds is 8. The van der Waals surface area contributed by atoms with Crippen LogP contribution in [0.1, 0.15) is 11.3 Å². The van der Waals surface area contributed by atoms with Crippen molar-refractivity contribution in [3.8, 4) is 5.75 Å². The standard InChI is InChI=1S/C26H25N5O2/c1-18-16-24(28-20-12-14-23(33-2)15-13-20)31-26(27-18)30-22-10-8-21(9-11-22)29-25(32)17-19-6-4-3-5-7-19/h3-16H,17H2,1-2H3,(H,29,32)(H2,27,28,30,31). The molecule has 0 fully saturated rings. The van der Waals surface area contributed by atoms with Gasteiger partial charge in [0.05, 0.1) is 13.5 Å². The van der Waals surface area contributed by atoms with E-state index in [1.54, 1.807) is 7.11 Å². The predicted octanol–water partition coefficient (Wildman–Crippen LogP) is 5.46. The molecule has 0 aliphatic carbocycles. The highest BCUT2D eigenvalue weighted by Crippen LogP contribution is 2.22. The molecule has 0 saturated carbocycles. The maximum Gasteiger partial charge on any atom is 0.229 e. The van der Waals surface area contributed by atoms with E-state index in [1.807, 2.05) is 91.9 Å². The highest BCUT2D eigenvalue weighted by molar-refractivity contribution is 5.92. The zero-order valence-corrected chi connectivity index (χ0v) is 18.5. The molecule has 0 spiro atoms. The fourth-order valence-electron chi connectivity index (χ4n) is 3.26. The van der Waals surface area contributed by atoms with Crippen molar-refractivity contribution >= 4 is 34.7 Å². The molecule has 0 saturated heterocycles. The number of amides is 1. The van der Waals surface area contributed by atoms with Crippen molar-refractivity contribution < 1.29 is 9.53 Å². The summed E-state index contributed by atoms with van der Waals surface area (Å²) in [6.45, 7) is 1.91. The number of nitrogens with zero attached hydrogens (tertiary/aromatic N) is 2. The molecule has 1 aromatic heterocycles. The van der Waals surface area contributed by atoms with Gasteiger partial charge in [-0.15, -0.1) is 0 Å². The minimum absolute atomic E-state index is 0.0572. The SMILES string of the molecule is COc1ccc(Nc2cc(C)nc(Nc3ccc(NC(=O)Cc4ccccc4)cc3)n2)cc1. The molecule has 0 atom stereocenters. The van der Waals surface area contributed by atoms with E-state index in [2.05, 4.69) is 25.9 Å². The quantitative estimate of drug-likeness (QED) is 0.338. The molecule has 4 rings (SSSR count). The van der Waals surface area contributed by atoms with Crippen LogP contribution in [0.3, 0.4) is 0 Å². The molecule has 1 heterocycles. The van der Waals surface area contributed by atoms with Crippen molar-refractivity contribution in [1.29, 1.82) is 0 Å². The fraction of sp³-hybridized carbons (Fsp3) is 0.115. The number of carbonyl (C=O) groups excluding carboxylic acids is 1. The van der Waals surface area contributed by atoms with Gasteiger partial charge in [-0.2, -0.15) is 4.98 Å². The number of ether oxygens (including phenoxy) is 1. The lowest BCUT2D eigenvalue weighted by Crippen LogP contribution is -2.14. The van der Waals surface area contributed by atoms with Gasteiger partial charge in [-0.05, 0) is 61.0 Å². The number of hydrogen-bond donors (Lipinski definition) is 3. The van der Waals surface area contributed by atoms with Crippen molar-refractivity contribution in [3.63, 3.8) is 0 Å². The summed E-state index contributed by atoms with van der Waals surface area (Å²) in [5, 5.41) is 9.41. The Bertz CT molecular complexity index is 1210. The summed E-state index contributed by atoms with van der Waals surface area (Å²) in [7, 11) is 1.64. The maximum atomic E-state index is 12.3. The third-order valence-electron chi connectivity index (χ3n) is 4.85. The van der Waals surface area contributed by atoms with Crippen LogP contribution in [0.2, 0.25) is 0 Å². The van der Waals surface area contributed by atoms with Crippen molar-refractivity contribution in [3.05, 3.63) is 96.2 Å². The maximum absolute atomic E-state index is 12.3. The van der Waals surface area contributed by atoms with E-state index in [-0.39, 0.29) is 5.91 Å². The topological polar surface area (TPSA) is 88.2 Å². The predicted molar refractivity (Wildman–Crippen MR) is 132 cm³/mol. The van der Waals surface area contributed by atoms with Crippen molar-refractivity contribution in [1.82, 2.24) is 9.97 Å². The number of hydrogen-bond acceptors (Lipinski definition) is 6. The minimum Gasteiger partial charge on any atom is -0.497 e. The molecule has 7 nitrogen and oxygen atoms in total. The molecule has 3 aromatic carbocycles. The Hall–Kier alpha value is -4.39. The smallest absolute Gasteiger partial charge is 0.229 e. The molecule has 3 N–H and O–H groups in total. The van der Waals surface area contributed by atoms with Crippen molar-refractivity contribution in [2.45, 2.75) is 13.3 Å². The van der Waals surface area contributed by atoms with Crippen LogP contribution in [-0.4, -0.2) is 23.0 Å². The lowest BCUT2D eigenvalue weighted by atomic mass is 10.1. The van der Waals surface area contributed by atoms with Gasteiger partial charge in [0.1, 0.15) is 11.6 Å². The van der Waals surface area contributed by atoms with Crippen LogP contribution in [0.5, 0.6) is 5.75 Å². The van der Waals surface area contributed by atoms with E-state index in [1.165, 1.54) is 0 Å². The third kappa shape index (κ3) is 6.30. The van der Waals surface area contributed by atoms with Crippen LogP contribution in [0.4, 0.5) is 28.8 Å². The van der Waals surface area contributed by atoms with Gasteiger partial charge in [0.2, 0.25) is 11.9 Å². The summed E-state index contributed by atoms with van der Waals surface area (Å²) in [4.78, 5) is 21.3. The summed E-state index contributed by atoms with van der Waals surface area (Å²) < 4.78 is 5.19. The van der Waals surface area contributed by atoms with Crippen LogP contribution in [-0.2, 0) is 11.2 Å². The van der Waals surface area contributed by atoms with E-state index in [4.69, 9.17) is 4.74 Å². The number of carbonyl (C=O) groups is 1. The zero-order valence-electron chi connectivity index (χ0n) is 18.5. The molecule has 0 bridgehead atoms. The van der Waals surface area contributed by atoms with E-state index in [0.717, 1.165) is 34.1 Å². The van der Waals surface area contributed by atoms with Crippen molar-refractivity contribution in [2.24, 2.45) is 0 Å². The van der Waals surface area contributed by atoms with E-state index in [0.29, 0.717) is 18.2 Å². The average molecular weight is 440 g/mol. The van der Waals surface area contributed by atoms with Gasteiger partial charge in [0, 0.05) is 28.8 Å². The van der Waals surface area contributed by atoms with Crippen LogP contribution in [0.25, 0.3) is 0 Å². The largest absolute Gasteiger partial charge is 0.497 e. The summed E-state index contributed by atoms with van der Waals surface area (Å²) >= 11 is 0. The molecule has 0 unspecified atom stereocenters. The number of aryl methyl sites for hydroxylation is 1. The van der Waals surface area contributed by atoms with Gasteiger partial charge in [0.25, 0.3) is 0 Å². The van der Waals surface area contributed by atoms with Gasteiger partial charge >= 0.3 is 0 Å². The Morgan fingerprint density at radius 1 is 0.818 bits per heavy atom. The number of anilines is 5. The highest BCUT2D eigenvalue weighted by atomic mass is 16.5. The van der Waals surface area contributed by atoms with Gasteiger partial charge in [-0.25, -0.2) is 4.98 Å². The Morgan fingerprint density at radius 3 is 2.15 bits per heavy atom. The molecule has 4 aromatic rings. The van der Waals surface area contributed by atoms with E-state index < -0.39 is 0 Å². The highest BCUT2D eigenvalue weighted by Gasteiger charge is 2.06.